The van der Waals surface area contributed by atoms with Gasteiger partial charge in [-0.25, -0.2) is 0 Å². The van der Waals surface area contributed by atoms with E-state index in [1.807, 2.05) is 0 Å². The SMILES string of the molecule is COCCC(C)C(CCl)c1cccc(C)c1. The quantitative estimate of drug-likeness (QED) is 0.684. The van der Waals surface area contributed by atoms with Crippen molar-refractivity contribution in [3.05, 3.63) is 35.4 Å². The molecule has 0 spiro atoms. The molecule has 0 radical (unpaired) electrons. The Bertz CT molecular complexity index is 311. The van der Waals surface area contributed by atoms with Crippen LogP contribution in [0.25, 0.3) is 0 Å². The van der Waals surface area contributed by atoms with Crippen LogP contribution < -0.4 is 0 Å². The summed E-state index contributed by atoms with van der Waals surface area (Å²) < 4.78 is 5.12. The number of ether oxygens (including phenoxy) is 1. The lowest BCUT2D eigenvalue weighted by atomic mass is 9.86. The van der Waals surface area contributed by atoms with Crippen LogP contribution in [0.4, 0.5) is 0 Å². The number of rotatable bonds is 6. The predicted molar refractivity (Wildman–Crippen MR) is 70.3 cm³/mol. The van der Waals surface area contributed by atoms with Gasteiger partial charge in [0.2, 0.25) is 0 Å². The Morgan fingerprint density at radius 2 is 2.12 bits per heavy atom. The first kappa shape index (κ1) is 13.5. The second kappa shape index (κ2) is 6.93. The number of methoxy groups -OCH3 is 1. The minimum atomic E-state index is 0.428. The molecular formula is C14H21ClO. The maximum absolute atomic E-state index is 6.09. The van der Waals surface area contributed by atoms with Gasteiger partial charge in [-0.15, -0.1) is 11.6 Å². The summed E-state index contributed by atoms with van der Waals surface area (Å²) in [7, 11) is 1.75. The van der Waals surface area contributed by atoms with Crippen molar-refractivity contribution in [2.75, 3.05) is 19.6 Å². The fourth-order valence-corrected chi connectivity index (χ4v) is 2.46. The summed E-state index contributed by atoms with van der Waals surface area (Å²) in [5, 5.41) is 0. The van der Waals surface area contributed by atoms with Crippen molar-refractivity contribution < 1.29 is 4.74 Å². The third-order valence-electron chi connectivity index (χ3n) is 3.10. The first-order valence-electron chi connectivity index (χ1n) is 5.80. The van der Waals surface area contributed by atoms with E-state index in [1.165, 1.54) is 11.1 Å². The average Bonchev–Trinajstić information content (AvgIpc) is 2.27. The van der Waals surface area contributed by atoms with Gasteiger partial charge in [0, 0.05) is 25.5 Å². The molecule has 90 valence electrons. The molecule has 0 fully saturated rings. The Balaban J connectivity index is 2.73. The molecule has 0 amide bonds. The van der Waals surface area contributed by atoms with Gasteiger partial charge in [-0.1, -0.05) is 36.8 Å². The lowest BCUT2D eigenvalue weighted by Crippen LogP contribution is -2.13. The van der Waals surface area contributed by atoms with Crippen LogP contribution in [0.1, 0.15) is 30.4 Å². The van der Waals surface area contributed by atoms with E-state index in [4.69, 9.17) is 16.3 Å². The Kier molecular flexibility index (Phi) is 5.86. The second-order valence-corrected chi connectivity index (χ2v) is 4.74. The predicted octanol–water partition coefficient (Wildman–Crippen LogP) is 3.99. The minimum Gasteiger partial charge on any atom is -0.385 e. The molecule has 0 heterocycles. The van der Waals surface area contributed by atoms with Gasteiger partial charge < -0.3 is 4.74 Å². The van der Waals surface area contributed by atoms with Crippen molar-refractivity contribution in [3.63, 3.8) is 0 Å². The van der Waals surface area contributed by atoms with Crippen molar-refractivity contribution in [3.8, 4) is 0 Å². The summed E-state index contributed by atoms with van der Waals surface area (Å²) in [6.45, 7) is 5.17. The summed E-state index contributed by atoms with van der Waals surface area (Å²) in [6.07, 6.45) is 1.06. The van der Waals surface area contributed by atoms with Crippen LogP contribution in [0.15, 0.2) is 24.3 Å². The number of aryl methyl sites for hydroxylation is 1. The molecule has 0 aromatic heterocycles. The Morgan fingerprint density at radius 1 is 1.38 bits per heavy atom. The third-order valence-corrected chi connectivity index (χ3v) is 3.43. The van der Waals surface area contributed by atoms with Crippen LogP contribution in [0, 0.1) is 12.8 Å². The maximum Gasteiger partial charge on any atom is 0.0465 e. The summed E-state index contributed by atoms with van der Waals surface area (Å²) >= 11 is 6.09. The van der Waals surface area contributed by atoms with Gasteiger partial charge in [0.25, 0.3) is 0 Å². The largest absolute Gasteiger partial charge is 0.385 e. The van der Waals surface area contributed by atoms with Crippen molar-refractivity contribution in [2.24, 2.45) is 5.92 Å². The zero-order valence-corrected chi connectivity index (χ0v) is 11.1. The Hall–Kier alpha value is -0.530. The fraction of sp³-hybridized carbons (Fsp3) is 0.571. The van der Waals surface area contributed by atoms with E-state index >= 15 is 0 Å². The molecule has 0 aliphatic heterocycles. The molecule has 2 atom stereocenters. The van der Waals surface area contributed by atoms with Crippen LogP contribution in [0.5, 0.6) is 0 Å². The highest BCUT2D eigenvalue weighted by Gasteiger charge is 2.18. The van der Waals surface area contributed by atoms with E-state index in [-0.39, 0.29) is 0 Å². The summed E-state index contributed by atoms with van der Waals surface area (Å²) in [4.78, 5) is 0. The van der Waals surface area contributed by atoms with Crippen molar-refractivity contribution in [1.82, 2.24) is 0 Å². The van der Waals surface area contributed by atoms with E-state index < -0.39 is 0 Å². The molecule has 1 aromatic rings. The highest BCUT2D eigenvalue weighted by molar-refractivity contribution is 6.18. The van der Waals surface area contributed by atoms with Crippen molar-refractivity contribution in [2.45, 2.75) is 26.2 Å². The molecule has 0 aliphatic carbocycles. The lowest BCUT2D eigenvalue weighted by Gasteiger charge is -2.22. The average molecular weight is 241 g/mol. The summed E-state index contributed by atoms with van der Waals surface area (Å²) in [6, 6.07) is 8.63. The van der Waals surface area contributed by atoms with Gasteiger partial charge in [0.1, 0.15) is 0 Å². The van der Waals surface area contributed by atoms with Gasteiger partial charge in [-0.05, 0) is 24.8 Å². The number of halogens is 1. The van der Waals surface area contributed by atoms with Gasteiger partial charge in [0.05, 0.1) is 0 Å². The second-order valence-electron chi connectivity index (χ2n) is 4.43. The van der Waals surface area contributed by atoms with Crippen LogP contribution in [-0.4, -0.2) is 19.6 Å². The number of benzene rings is 1. The highest BCUT2D eigenvalue weighted by Crippen LogP contribution is 2.28. The van der Waals surface area contributed by atoms with Gasteiger partial charge in [-0.3, -0.25) is 0 Å². The molecule has 16 heavy (non-hydrogen) atoms. The molecule has 2 unspecified atom stereocenters. The first-order valence-corrected chi connectivity index (χ1v) is 6.34. The zero-order chi connectivity index (χ0) is 12.0. The van der Waals surface area contributed by atoms with Crippen molar-refractivity contribution >= 4 is 11.6 Å². The number of hydrogen-bond acceptors (Lipinski definition) is 1. The highest BCUT2D eigenvalue weighted by atomic mass is 35.5. The molecule has 1 aromatic carbocycles. The molecule has 0 bridgehead atoms. The Labute approximate surface area is 104 Å². The standard InChI is InChI=1S/C14H21ClO/c1-11-5-4-6-13(9-11)14(10-15)12(2)7-8-16-3/h4-6,9,12,14H,7-8,10H2,1-3H3. The van der Waals surface area contributed by atoms with Crippen LogP contribution >= 0.6 is 11.6 Å². The van der Waals surface area contributed by atoms with E-state index in [9.17, 15) is 0 Å². The molecular weight excluding hydrogens is 220 g/mol. The van der Waals surface area contributed by atoms with Crippen LogP contribution in [-0.2, 0) is 4.74 Å². The molecule has 0 N–H and O–H groups in total. The smallest absolute Gasteiger partial charge is 0.0465 e. The van der Waals surface area contributed by atoms with E-state index in [1.54, 1.807) is 7.11 Å². The van der Waals surface area contributed by atoms with Crippen LogP contribution in [0.2, 0.25) is 0 Å². The van der Waals surface area contributed by atoms with E-state index in [0.717, 1.165) is 13.0 Å². The lowest BCUT2D eigenvalue weighted by molar-refractivity contribution is 0.176. The number of hydrogen-bond donors (Lipinski definition) is 0. The normalized spacial score (nSPS) is 14.8. The Morgan fingerprint density at radius 3 is 2.69 bits per heavy atom. The van der Waals surface area contributed by atoms with Crippen LogP contribution in [0.3, 0.4) is 0 Å². The summed E-state index contributed by atoms with van der Waals surface area (Å²) in [5.41, 5.74) is 2.64. The van der Waals surface area contributed by atoms with Gasteiger partial charge >= 0.3 is 0 Å². The molecule has 0 aliphatic rings. The maximum atomic E-state index is 6.09. The minimum absolute atomic E-state index is 0.428. The fourth-order valence-electron chi connectivity index (χ4n) is 1.98. The van der Waals surface area contributed by atoms with E-state index in [0.29, 0.717) is 17.7 Å². The monoisotopic (exact) mass is 240 g/mol. The molecule has 2 heteroatoms. The van der Waals surface area contributed by atoms with Crippen molar-refractivity contribution in [1.29, 1.82) is 0 Å². The van der Waals surface area contributed by atoms with Gasteiger partial charge in [0.15, 0.2) is 0 Å². The molecule has 1 rings (SSSR count). The molecule has 0 saturated carbocycles. The first-order chi connectivity index (χ1) is 7.69. The zero-order valence-electron chi connectivity index (χ0n) is 10.4. The topological polar surface area (TPSA) is 9.23 Å². The molecule has 1 nitrogen and oxygen atoms in total. The van der Waals surface area contributed by atoms with Gasteiger partial charge in [-0.2, -0.15) is 0 Å². The van der Waals surface area contributed by atoms with E-state index in [2.05, 4.69) is 38.1 Å². The molecule has 0 saturated heterocycles. The number of alkyl halides is 1. The summed E-state index contributed by atoms with van der Waals surface area (Å²) in [5.74, 6) is 1.66. The third kappa shape index (κ3) is 3.80.